The molecule has 0 fully saturated rings. The molecule has 1 aromatic rings. The Bertz CT molecular complexity index is 540. The van der Waals surface area contributed by atoms with E-state index in [1.54, 1.807) is 38.1 Å². The number of hydrogen-bond acceptors (Lipinski definition) is 4. The molecule has 0 saturated carbocycles. The molecule has 21 heavy (non-hydrogen) atoms. The van der Waals surface area contributed by atoms with Crippen molar-refractivity contribution in [1.82, 2.24) is 5.32 Å². The molecule has 0 aliphatic carbocycles. The van der Waals surface area contributed by atoms with Crippen LogP contribution >= 0.6 is 0 Å². The normalized spacial score (nSPS) is 11.7. The maximum Gasteiger partial charge on any atom is 0.328 e. The second-order valence-electron chi connectivity index (χ2n) is 4.98. The molecule has 1 aromatic carbocycles. The fourth-order valence-electron chi connectivity index (χ4n) is 1.75. The summed E-state index contributed by atoms with van der Waals surface area (Å²) in [5, 5.41) is 5.15. The van der Waals surface area contributed by atoms with Gasteiger partial charge in [-0.2, -0.15) is 0 Å². The van der Waals surface area contributed by atoms with Crippen LogP contribution in [0.4, 0.5) is 10.5 Å². The van der Waals surface area contributed by atoms with Crippen molar-refractivity contribution in [1.29, 1.82) is 0 Å². The van der Waals surface area contributed by atoms with Crippen LogP contribution in [0, 0.1) is 5.92 Å². The summed E-state index contributed by atoms with van der Waals surface area (Å²) in [6.45, 7) is 5.06. The first-order chi connectivity index (χ1) is 9.85. The number of carbonyl (C=O) groups is 3. The SMILES string of the molecule is COC(=O)[C@@H](NC(=O)Nc1cccc(C(C)=O)c1)C(C)C. The van der Waals surface area contributed by atoms with Crippen LogP contribution in [0.15, 0.2) is 24.3 Å². The zero-order valence-corrected chi connectivity index (χ0v) is 12.6. The average molecular weight is 292 g/mol. The van der Waals surface area contributed by atoms with Crippen molar-refractivity contribution in [2.45, 2.75) is 26.8 Å². The average Bonchev–Trinajstić information content (AvgIpc) is 2.43. The molecule has 0 saturated heterocycles. The van der Waals surface area contributed by atoms with Gasteiger partial charge in [0.05, 0.1) is 7.11 Å². The molecule has 1 rings (SSSR count). The summed E-state index contributed by atoms with van der Waals surface area (Å²) in [7, 11) is 1.27. The Morgan fingerprint density at radius 3 is 2.38 bits per heavy atom. The predicted octanol–water partition coefficient (Wildman–Crippen LogP) is 2.21. The lowest BCUT2D eigenvalue weighted by molar-refractivity contribution is -0.143. The molecule has 6 heteroatoms. The van der Waals surface area contributed by atoms with E-state index in [1.165, 1.54) is 14.0 Å². The highest BCUT2D eigenvalue weighted by molar-refractivity contribution is 5.97. The van der Waals surface area contributed by atoms with Crippen molar-refractivity contribution < 1.29 is 19.1 Å². The number of hydrogen-bond donors (Lipinski definition) is 2. The second kappa shape index (κ2) is 7.42. The fraction of sp³-hybridized carbons (Fsp3) is 0.400. The third-order valence-electron chi connectivity index (χ3n) is 2.94. The Hall–Kier alpha value is -2.37. The number of ketones is 1. The maximum absolute atomic E-state index is 11.9. The Labute approximate surface area is 123 Å². The molecule has 114 valence electrons. The number of rotatable bonds is 5. The fourth-order valence-corrected chi connectivity index (χ4v) is 1.75. The molecule has 1 atom stereocenters. The number of amides is 2. The Kier molecular flexibility index (Phi) is 5.90. The largest absolute Gasteiger partial charge is 0.467 e. The first kappa shape index (κ1) is 16.7. The molecule has 0 unspecified atom stereocenters. The highest BCUT2D eigenvalue weighted by Crippen LogP contribution is 2.11. The van der Waals surface area contributed by atoms with Gasteiger partial charge in [-0.3, -0.25) is 4.79 Å². The molecular formula is C15H20N2O4. The zero-order valence-electron chi connectivity index (χ0n) is 12.6. The van der Waals surface area contributed by atoms with E-state index in [2.05, 4.69) is 15.4 Å². The van der Waals surface area contributed by atoms with Crippen molar-refractivity contribution in [2.24, 2.45) is 5.92 Å². The molecule has 0 spiro atoms. The van der Waals surface area contributed by atoms with Gasteiger partial charge in [0.1, 0.15) is 6.04 Å². The molecule has 0 radical (unpaired) electrons. The third-order valence-corrected chi connectivity index (χ3v) is 2.94. The number of methoxy groups -OCH3 is 1. The number of nitrogens with one attached hydrogen (secondary N) is 2. The summed E-state index contributed by atoms with van der Waals surface area (Å²) < 4.78 is 4.65. The van der Waals surface area contributed by atoms with Gasteiger partial charge >= 0.3 is 12.0 Å². The van der Waals surface area contributed by atoms with Crippen LogP contribution in [-0.2, 0) is 9.53 Å². The molecular weight excluding hydrogens is 272 g/mol. The zero-order chi connectivity index (χ0) is 16.0. The van der Waals surface area contributed by atoms with Crippen LogP contribution in [0.5, 0.6) is 0 Å². The van der Waals surface area contributed by atoms with Gasteiger partial charge in [-0.1, -0.05) is 26.0 Å². The lowest BCUT2D eigenvalue weighted by Crippen LogP contribution is -2.46. The molecule has 0 bridgehead atoms. The standard InChI is InChI=1S/C15H20N2O4/c1-9(2)13(14(19)21-4)17-15(20)16-12-7-5-6-11(8-12)10(3)18/h5-9,13H,1-4H3,(H2,16,17,20)/t13-/m0/s1. The number of anilines is 1. The van der Waals surface area contributed by atoms with Crippen LogP contribution in [-0.4, -0.2) is 30.9 Å². The second-order valence-corrected chi connectivity index (χ2v) is 4.98. The summed E-state index contributed by atoms with van der Waals surface area (Å²) in [6.07, 6.45) is 0. The van der Waals surface area contributed by atoms with Gasteiger partial charge in [-0.25, -0.2) is 9.59 Å². The van der Waals surface area contributed by atoms with Crippen LogP contribution in [0.1, 0.15) is 31.1 Å². The Morgan fingerprint density at radius 1 is 1.19 bits per heavy atom. The minimum absolute atomic E-state index is 0.0892. The topological polar surface area (TPSA) is 84.5 Å². The van der Waals surface area contributed by atoms with Gasteiger partial charge in [0.15, 0.2) is 5.78 Å². The predicted molar refractivity (Wildman–Crippen MR) is 79.2 cm³/mol. The molecule has 0 aliphatic rings. The third kappa shape index (κ3) is 4.91. The lowest BCUT2D eigenvalue weighted by atomic mass is 10.1. The van der Waals surface area contributed by atoms with E-state index in [0.717, 1.165) is 0 Å². The van der Waals surface area contributed by atoms with Gasteiger partial charge in [-0.05, 0) is 25.0 Å². The van der Waals surface area contributed by atoms with E-state index >= 15 is 0 Å². The molecule has 0 heterocycles. The van der Waals surface area contributed by atoms with Crippen molar-refractivity contribution in [3.63, 3.8) is 0 Å². The molecule has 0 aromatic heterocycles. The Balaban J connectivity index is 2.74. The summed E-state index contributed by atoms with van der Waals surface area (Å²) in [4.78, 5) is 34.8. The van der Waals surface area contributed by atoms with E-state index in [-0.39, 0.29) is 11.7 Å². The highest BCUT2D eigenvalue weighted by Gasteiger charge is 2.24. The van der Waals surface area contributed by atoms with E-state index in [1.807, 2.05) is 0 Å². The first-order valence-corrected chi connectivity index (χ1v) is 6.61. The van der Waals surface area contributed by atoms with E-state index < -0.39 is 18.0 Å². The van der Waals surface area contributed by atoms with Crippen molar-refractivity contribution >= 4 is 23.5 Å². The number of carbonyl (C=O) groups excluding carboxylic acids is 3. The van der Waals surface area contributed by atoms with E-state index in [9.17, 15) is 14.4 Å². The molecule has 2 N–H and O–H groups in total. The number of benzene rings is 1. The molecule has 0 aliphatic heterocycles. The highest BCUT2D eigenvalue weighted by atomic mass is 16.5. The van der Waals surface area contributed by atoms with Gasteiger partial charge < -0.3 is 15.4 Å². The van der Waals surface area contributed by atoms with Crippen molar-refractivity contribution in [2.75, 3.05) is 12.4 Å². The van der Waals surface area contributed by atoms with Crippen LogP contribution in [0.2, 0.25) is 0 Å². The van der Waals surface area contributed by atoms with Gasteiger partial charge in [0.25, 0.3) is 0 Å². The van der Waals surface area contributed by atoms with E-state index in [0.29, 0.717) is 11.3 Å². The monoisotopic (exact) mass is 292 g/mol. The first-order valence-electron chi connectivity index (χ1n) is 6.61. The number of urea groups is 1. The van der Waals surface area contributed by atoms with Crippen LogP contribution in [0.25, 0.3) is 0 Å². The molecule has 6 nitrogen and oxygen atoms in total. The quantitative estimate of drug-likeness (QED) is 0.643. The van der Waals surface area contributed by atoms with Gasteiger partial charge in [-0.15, -0.1) is 0 Å². The summed E-state index contributed by atoms with van der Waals surface area (Å²) in [5.41, 5.74) is 0.980. The molecule has 2 amide bonds. The van der Waals surface area contributed by atoms with Crippen molar-refractivity contribution in [3.8, 4) is 0 Å². The summed E-state index contributed by atoms with van der Waals surface area (Å²) in [5.74, 6) is -0.696. The Morgan fingerprint density at radius 2 is 1.86 bits per heavy atom. The minimum Gasteiger partial charge on any atom is -0.467 e. The minimum atomic E-state index is -0.731. The summed E-state index contributed by atoms with van der Waals surface area (Å²) >= 11 is 0. The maximum atomic E-state index is 11.9. The summed E-state index contributed by atoms with van der Waals surface area (Å²) in [6, 6.07) is 5.31. The van der Waals surface area contributed by atoms with Crippen molar-refractivity contribution in [3.05, 3.63) is 29.8 Å². The number of ether oxygens (including phenoxy) is 1. The van der Waals surface area contributed by atoms with Gasteiger partial charge in [0, 0.05) is 11.3 Å². The number of Topliss-reactive ketones (excluding diaryl/α,β-unsaturated/α-hetero) is 1. The smallest absolute Gasteiger partial charge is 0.328 e. The lowest BCUT2D eigenvalue weighted by Gasteiger charge is -2.20. The van der Waals surface area contributed by atoms with E-state index in [4.69, 9.17) is 0 Å². The number of esters is 1. The van der Waals surface area contributed by atoms with Gasteiger partial charge in [0.2, 0.25) is 0 Å². The van der Waals surface area contributed by atoms with Crippen LogP contribution < -0.4 is 10.6 Å². The van der Waals surface area contributed by atoms with Crippen LogP contribution in [0.3, 0.4) is 0 Å².